The van der Waals surface area contributed by atoms with E-state index in [4.69, 9.17) is 16.3 Å². The Morgan fingerprint density at radius 1 is 1.30 bits per heavy atom. The van der Waals surface area contributed by atoms with Crippen LogP contribution in [0.1, 0.15) is 30.3 Å². The highest BCUT2D eigenvalue weighted by molar-refractivity contribution is 9.10. The van der Waals surface area contributed by atoms with Gasteiger partial charge in [-0.05, 0) is 43.3 Å². The maximum Gasteiger partial charge on any atom is 0.120 e. The quantitative estimate of drug-likeness (QED) is 0.744. The van der Waals surface area contributed by atoms with Gasteiger partial charge in [-0.3, -0.25) is 0 Å². The molecule has 2 aromatic rings. The monoisotopic (exact) mass is 373 g/mol. The Bertz CT molecular complexity index is 573. The van der Waals surface area contributed by atoms with Gasteiger partial charge in [-0.2, -0.15) is 0 Å². The van der Waals surface area contributed by atoms with E-state index < -0.39 is 0 Å². The van der Waals surface area contributed by atoms with Gasteiger partial charge >= 0.3 is 0 Å². The molecule has 20 heavy (non-hydrogen) atoms. The van der Waals surface area contributed by atoms with Crippen LogP contribution in [-0.4, -0.2) is 13.2 Å². The Morgan fingerprint density at radius 2 is 2.10 bits per heavy atom. The van der Waals surface area contributed by atoms with E-state index in [9.17, 15) is 0 Å². The van der Waals surface area contributed by atoms with E-state index in [1.807, 2.05) is 25.1 Å². The number of rotatable bonds is 6. The Labute approximate surface area is 137 Å². The number of benzene rings is 1. The van der Waals surface area contributed by atoms with E-state index in [-0.39, 0.29) is 6.04 Å². The summed E-state index contributed by atoms with van der Waals surface area (Å²) in [5, 5.41) is 3.50. The average Bonchev–Trinajstić information content (AvgIpc) is 2.84. The van der Waals surface area contributed by atoms with Crippen molar-refractivity contribution in [3.8, 4) is 5.75 Å². The maximum absolute atomic E-state index is 6.06. The molecule has 2 rings (SSSR count). The summed E-state index contributed by atoms with van der Waals surface area (Å²) in [5.74, 6) is 0.877. The molecular weight excluding hydrogens is 358 g/mol. The molecule has 0 fully saturated rings. The first-order valence-corrected chi connectivity index (χ1v) is 8.55. The van der Waals surface area contributed by atoms with Gasteiger partial charge in [-0.1, -0.05) is 40.5 Å². The molecule has 0 radical (unpaired) electrons. The first-order chi connectivity index (χ1) is 9.65. The second-order valence-electron chi connectivity index (χ2n) is 4.25. The van der Waals surface area contributed by atoms with Crippen molar-refractivity contribution in [3.63, 3.8) is 0 Å². The van der Waals surface area contributed by atoms with E-state index in [2.05, 4.69) is 40.3 Å². The summed E-state index contributed by atoms with van der Waals surface area (Å²) in [6.07, 6.45) is 0. The molecule has 0 spiro atoms. The zero-order valence-corrected chi connectivity index (χ0v) is 14.6. The number of hydrogen-bond acceptors (Lipinski definition) is 3. The van der Waals surface area contributed by atoms with E-state index in [0.717, 1.165) is 21.1 Å². The van der Waals surface area contributed by atoms with Gasteiger partial charge < -0.3 is 10.1 Å². The molecule has 0 saturated heterocycles. The minimum absolute atomic E-state index is 0.141. The van der Waals surface area contributed by atoms with Gasteiger partial charge in [0.25, 0.3) is 0 Å². The van der Waals surface area contributed by atoms with Crippen molar-refractivity contribution in [2.45, 2.75) is 19.9 Å². The molecule has 108 valence electrons. The summed E-state index contributed by atoms with van der Waals surface area (Å²) in [7, 11) is 0. The molecule has 1 atom stereocenters. The smallest absolute Gasteiger partial charge is 0.120 e. The Morgan fingerprint density at radius 3 is 2.65 bits per heavy atom. The Balaban J connectivity index is 2.34. The first-order valence-electron chi connectivity index (χ1n) is 6.56. The summed E-state index contributed by atoms with van der Waals surface area (Å²) in [4.78, 5) is 1.21. The summed E-state index contributed by atoms with van der Waals surface area (Å²) < 4.78 is 7.37. The third-order valence-electron chi connectivity index (χ3n) is 2.88. The summed E-state index contributed by atoms with van der Waals surface area (Å²) in [5.41, 5.74) is 1.19. The topological polar surface area (TPSA) is 21.3 Å². The molecule has 1 unspecified atom stereocenters. The second kappa shape index (κ2) is 7.46. The fourth-order valence-corrected chi connectivity index (χ4v) is 3.79. The lowest BCUT2D eigenvalue weighted by atomic mass is 10.1. The van der Waals surface area contributed by atoms with Gasteiger partial charge in [0.15, 0.2) is 0 Å². The SMILES string of the molecule is CCNC(c1ccc(Cl)s1)c1ccc(OCC)cc1Br. The third-order valence-corrected chi connectivity index (χ3v) is 4.86. The van der Waals surface area contributed by atoms with Crippen LogP contribution in [0.5, 0.6) is 5.75 Å². The van der Waals surface area contributed by atoms with Crippen molar-refractivity contribution < 1.29 is 4.74 Å². The van der Waals surface area contributed by atoms with Crippen molar-refractivity contribution in [3.05, 3.63) is 49.6 Å². The number of ether oxygens (including phenoxy) is 1. The van der Waals surface area contributed by atoms with Gasteiger partial charge in [0.1, 0.15) is 5.75 Å². The number of halogens is 2. The molecule has 1 aromatic heterocycles. The van der Waals surface area contributed by atoms with Crippen LogP contribution in [0.25, 0.3) is 0 Å². The predicted molar refractivity (Wildman–Crippen MR) is 90.2 cm³/mol. The average molecular weight is 375 g/mol. The van der Waals surface area contributed by atoms with Gasteiger partial charge in [0.05, 0.1) is 17.0 Å². The molecule has 0 amide bonds. The fraction of sp³-hybridized carbons (Fsp3) is 0.333. The van der Waals surface area contributed by atoms with Gasteiger partial charge in [0, 0.05) is 9.35 Å². The van der Waals surface area contributed by atoms with Crippen LogP contribution in [0, 0.1) is 0 Å². The van der Waals surface area contributed by atoms with Crippen molar-refractivity contribution in [2.75, 3.05) is 13.2 Å². The molecule has 5 heteroatoms. The van der Waals surface area contributed by atoms with Crippen LogP contribution in [0.3, 0.4) is 0 Å². The number of thiophene rings is 1. The highest BCUT2D eigenvalue weighted by Gasteiger charge is 2.18. The standard InChI is InChI=1S/C15H17BrClNOS/c1-3-18-15(13-7-8-14(17)20-13)11-6-5-10(19-4-2)9-12(11)16/h5-9,15,18H,3-4H2,1-2H3. The van der Waals surface area contributed by atoms with Crippen molar-refractivity contribution in [1.29, 1.82) is 0 Å². The number of hydrogen-bond donors (Lipinski definition) is 1. The molecule has 0 aliphatic carbocycles. The van der Waals surface area contributed by atoms with Crippen LogP contribution in [0.4, 0.5) is 0 Å². The fourth-order valence-electron chi connectivity index (χ4n) is 2.05. The molecule has 1 N–H and O–H groups in total. The van der Waals surface area contributed by atoms with Crippen LogP contribution in [0.2, 0.25) is 4.34 Å². The zero-order chi connectivity index (χ0) is 14.5. The summed E-state index contributed by atoms with van der Waals surface area (Å²) >= 11 is 11.3. The van der Waals surface area contributed by atoms with Gasteiger partial charge in [-0.25, -0.2) is 0 Å². The highest BCUT2D eigenvalue weighted by Crippen LogP contribution is 2.35. The molecule has 1 heterocycles. The zero-order valence-electron chi connectivity index (χ0n) is 11.5. The Hall–Kier alpha value is -0.550. The molecular formula is C15H17BrClNOS. The van der Waals surface area contributed by atoms with Crippen molar-refractivity contribution in [1.82, 2.24) is 5.32 Å². The van der Waals surface area contributed by atoms with Crippen molar-refractivity contribution >= 4 is 38.9 Å². The highest BCUT2D eigenvalue weighted by atomic mass is 79.9. The lowest BCUT2D eigenvalue weighted by molar-refractivity contribution is 0.340. The number of nitrogens with one attached hydrogen (secondary N) is 1. The van der Waals surface area contributed by atoms with Crippen LogP contribution >= 0.6 is 38.9 Å². The van der Waals surface area contributed by atoms with E-state index in [1.54, 1.807) is 11.3 Å². The van der Waals surface area contributed by atoms with Crippen LogP contribution in [-0.2, 0) is 0 Å². The minimum Gasteiger partial charge on any atom is -0.494 e. The van der Waals surface area contributed by atoms with Gasteiger partial charge in [-0.15, -0.1) is 11.3 Å². The lowest BCUT2D eigenvalue weighted by Gasteiger charge is -2.19. The maximum atomic E-state index is 6.06. The van der Waals surface area contributed by atoms with Crippen molar-refractivity contribution in [2.24, 2.45) is 0 Å². The minimum atomic E-state index is 0.141. The van der Waals surface area contributed by atoms with Gasteiger partial charge in [0.2, 0.25) is 0 Å². The summed E-state index contributed by atoms with van der Waals surface area (Å²) in [6.45, 7) is 5.64. The molecule has 0 aliphatic rings. The van der Waals surface area contributed by atoms with E-state index in [0.29, 0.717) is 6.61 Å². The Kier molecular flexibility index (Phi) is 5.90. The molecule has 0 bridgehead atoms. The molecule has 0 saturated carbocycles. The van der Waals surface area contributed by atoms with Crippen LogP contribution in [0.15, 0.2) is 34.8 Å². The third kappa shape index (κ3) is 3.76. The molecule has 2 nitrogen and oxygen atoms in total. The van der Waals surface area contributed by atoms with E-state index >= 15 is 0 Å². The predicted octanol–water partition coefficient (Wildman–Crippen LogP) is 5.26. The normalized spacial score (nSPS) is 12.4. The molecule has 0 aliphatic heterocycles. The largest absolute Gasteiger partial charge is 0.494 e. The van der Waals surface area contributed by atoms with E-state index in [1.165, 1.54) is 10.4 Å². The first kappa shape index (κ1) is 15.8. The second-order valence-corrected chi connectivity index (χ2v) is 6.85. The lowest BCUT2D eigenvalue weighted by Crippen LogP contribution is -2.21. The molecule has 1 aromatic carbocycles. The van der Waals surface area contributed by atoms with Crippen LogP contribution < -0.4 is 10.1 Å². The summed E-state index contributed by atoms with van der Waals surface area (Å²) in [6, 6.07) is 10.3.